The second kappa shape index (κ2) is 6.00. The summed E-state index contributed by atoms with van der Waals surface area (Å²) in [5.41, 5.74) is 0. The first-order valence-electron chi connectivity index (χ1n) is 6.61. The molecule has 1 unspecified atom stereocenters. The minimum absolute atomic E-state index is 0.647. The fourth-order valence-corrected chi connectivity index (χ4v) is 2.31. The standard InChI is InChI=1S/C12H22N4O/c1-3-16(4-2)12-14-11(17-15-12)8-10-6-5-7-13-9-10/h10,13H,3-9H2,1-2H3. The second-order valence-electron chi connectivity index (χ2n) is 4.58. The molecule has 1 N–H and O–H groups in total. The van der Waals surface area contributed by atoms with Crippen molar-refractivity contribution in [2.24, 2.45) is 5.92 Å². The third-order valence-electron chi connectivity index (χ3n) is 3.37. The van der Waals surface area contributed by atoms with Crippen LogP contribution in [0.15, 0.2) is 4.52 Å². The van der Waals surface area contributed by atoms with Gasteiger partial charge in [-0.25, -0.2) is 0 Å². The lowest BCUT2D eigenvalue weighted by atomic mass is 9.96. The molecule has 5 heteroatoms. The van der Waals surface area contributed by atoms with Crippen molar-refractivity contribution in [2.75, 3.05) is 31.1 Å². The first kappa shape index (κ1) is 12.4. The van der Waals surface area contributed by atoms with Gasteiger partial charge in [-0.3, -0.25) is 0 Å². The zero-order valence-corrected chi connectivity index (χ0v) is 10.8. The Hall–Kier alpha value is -1.10. The molecule has 1 aliphatic rings. The van der Waals surface area contributed by atoms with Crippen molar-refractivity contribution in [3.63, 3.8) is 0 Å². The summed E-state index contributed by atoms with van der Waals surface area (Å²) in [7, 11) is 0. The van der Waals surface area contributed by atoms with Crippen molar-refractivity contribution < 1.29 is 4.52 Å². The second-order valence-corrected chi connectivity index (χ2v) is 4.58. The van der Waals surface area contributed by atoms with Crippen molar-refractivity contribution in [3.05, 3.63) is 5.89 Å². The molecule has 96 valence electrons. The lowest BCUT2D eigenvalue weighted by Gasteiger charge is -2.20. The van der Waals surface area contributed by atoms with E-state index in [1.165, 1.54) is 12.8 Å². The van der Waals surface area contributed by atoms with E-state index in [9.17, 15) is 0 Å². The van der Waals surface area contributed by atoms with E-state index < -0.39 is 0 Å². The molecular weight excluding hydrogens is 216 g/mol. The molecule has 1 fully saturated rings. The van der Waals surface area contributed by atoms with E-state index in [1.54, 1.807) is 0 Å². The van der Waals surface area contributed by atoms with E-state index in [1.807, 2.05) is 0 Å². The lowest BCUT2D eigenvalue weighted by Crippen LogP contribution is -2.30. The van der Waals surface area contributed by atoms with Gasteiger partial charge in [0.15, 0.2) is 0 Å². The monoisotopic (exact) mass is 238 g/mol. The van der Waals surface area contributed by atoms with E-state index >= 15 is 0 Å². The summed E-state index contributed by atoms with van der Waals surface area (Å²) in [6, 6.07) is 0. The van der Waals surface area contributed by atoms with Crippen molar-refractivity contribution in [1.82, 2.24) is 15.5 Å². The maximum Gasteiger partial charge on any atom is 0.266 e. The molecule has 1 atom stereocenters. The van der Waals surface area contributed by atoms with Crippen LogP contribution in [-0.2, 0) is 6.42 Å². The number of piperidine rings is 1. The molecule has 5 nitrogen and oxygen atoms in total. The van der Waals surface area contributed by atoms with Crippen molar-refractivity contribution >= 4 is 5.95 Å². The number of hydrogen-bond donors (Lipinski definition) is 1. The van der Waals surface area contributed by atoms with Gasteiger partial charge in [-0.05, 0) is 50.9 Å². The van der Waals surface area contributed by atoms with Gasteiger partial charge in [-0.2, -0.15) is 4.98 Å². The van der Waals surface area contributed by atoms with E-state index in [2.05, 4.69) is 34.2 Å². The molecule has 1 aromatic rings. The molecule has 0 saturated carbocycles. The van der Waals surface area contributed by atoms with Crippen LogP contribution in [0, 0.1) is 5.92 Å². The number of hydrogen-bond acceptors (Lipinski definition) is 5. The number of nitrogens with one attached hydrogen (secondary N) is 1. The largest absolute Gasteiger partial charge is 0.339 e. The lowest BCUT2D eigenvalue weighted by molar-refractivity contribution is 0.315. The highest BCUT2D eigenvalue weighted by Gasteiger charge is 2.18. The molecule has 0 amide bonds. The topological polar surface area (TPSA) is 54.2 Å². The van der Waals surface area contributed by atoms with Crippen LogP contribution in [0.3, 0.4) is 0 Å². The summed E-state index contributed by atoms with van der Waals surface area (Å²) in [5, 5.41) is 7.45. The zero-order chi connectivity index (χ0) is 12.1. The van der Waals surface area contributed by atoms with Crippen LogP contribution < -0.4 is 10.2 Å². The van der Waals surface area contributed by atoms with Crippen molar-refractivity contribution in [1.29, 1.82) is 0 Å². The van der Waals surface area contributed by atoms with Gasteiger partial charge < -0.3 is 14.7 Å². The van der Waals surface area contributed by atoms with Crippen LogP contribution in [-0.4, -0.2) is 36.3 Å². The van der Waals surface area contributed by atoms with Crippen molar-refractivity contribution in [3.8, 4) is 0 Å². The van der Waals surface area contributed by atoms with Crippen LogP contribution >= 0.6 is 0 Å². The van der Waals surface area contributed by atoms with Gasteiger partial charge in [0, 0.05) is 19.5 Å². The maximum absolute atomic E-state index is 5.32. The molecular formula is C12H22N4O. The Bertz CT molecular complexity index is 329. The summed E-state index contributed by atoms with van der Waals surface area (Å²) in [6.07, 6.45) is 3.42. The zero-order valence-electron chi connectivity index (χ0n) is 10.8. The van der Waals surface area contributed by atoms with E-state index in [0.717, 1.165) is 44.4 Å². The van der Waals surface area contributed by atoms with Gasteiger partial charge in [0.2, 0.25) is 5.89 Å². The Morgan fingerprint density at radius 2 is 2.24 bits per heavy atom. The summed E-state index contributed by atoms with van der Waals surface area (Å²) in [6.45, 7) is 8.25. The summed E-state index contributed by atoms with van der Waals surface area (Å²) in [4.78, 5) is 6.57. The van der Waals surface area contributed by atoms with Crippen LogP contribution in [0.4, 0.5) is 5.95 Å². The average molecular weight is 238 g/mol. The van der Waals surface area contributed by atoms with Crippen LogP contribution in [0.5, 0.6) is 0 Å². The number of aromatic nitrogens is 2. The van der Waals surface area contributed by atoms with Gasteiger partial charge >= 0.3 is 0 Å². The van der Waals surface area contributed by atoms with Gasteiger partial charge in [-0.15, -0.1) is 0 Å². The third-order valence-corrected chi connectivity index (χ3v) is 3.37. The van der Waals surface area contributed by atoms with E-state index in [4.69, 9.17) is 4.52 Å². The third kappa shape index (κ3) is 3.19. The Labute approximate surface area is 103 Å². The smallest absolute Gasteiger partial charge is 0.266 e. The highest BCUT2D eigenvalue weighted by atomic mass is 16.5. The predicted octanol–water partition coefficient (Wildman–Crippen LogP) is 1.46. The molecule has 0 radical (unpaired) electrons. The Morgan fingerprint density at radius 1 is 1.41 bits per heavy atom. The molecule has 0 bridgehead atoms. The Morgan fingerprint density at radius 3 is 2.88 bits per heavy atom. The average Bonchev–Trinajstić information content (AvgIpc) is 2.81. The first-order valence-corrected chi connectivity index (χ1v) is 6.61. The number of anilines is 1. The highest BCUT2D eigenvalue weighted by molar-refractivity contribution is 5.26. The minimum Gasteiger partial charge on any atom is -0.339 e. The molecule has 0 spiro atoms. The number of rotatable bonds is 5. The molecule has 0 aliphatic carbocycles. The van der Waals surface area contributed by atoms with Crippen LogP contribution in [0.25, 0.3) is 0 Å². The Balaban J connectivity index is 1.93. The van der Waals surface area contributed by atoms with E-state index in [-0.39, 0.29) is 0 Å². The molecule has 1 aromatic heterocycles. The minimum atomic E-state index is 0.647. The van der Waals surface area contributed by atoms with Gasteiger partial charge in [0.05, 0.1) is 0 Å². The molecule has 2 rings (SSSR count). The maximum atomic E-state index is 5.32. The summed E-state index contributed by atoms with van der Waals surface area (Å²) in [5.74, 6) is 2.16. The van der Waals surface area contributed by atoms with Crippen LogP contribution in [0.2, 0.25) is 0 Å². The fraction of sp³-hybridized carbons (Fsp3) is 0.833. The molecule has 2 heterocycles. The Kier molecular flexibility index (Phi) is 4.36. The SMILES string of the molecule is CCN(CC)c1noc(CC2CCCNC2)n1. The summed E-state index contributed by atoms with van der Waals surface area (Å²) >= 11 is 0. The number of nitrogens with zero attached hydrogens (tertiary/aromatic N) is 3. The molecule has 17 heavy (non-hydrogen) atoms. The quantitative estimate of drug-likeness (QED) is 0.841. The first-order chi connectivity index (χ1) is 8.33. The molecule has 0 aromatic carbocycles. The molecule has 1 saturated heterocycles. The van der Waals surface area contributed by atoms with Gasteiger partial charge in [-0.1, -0.05) is 0 Å². The molecule has 1 aliphatic heterocycles. The van der Waals surface area contributed by atoms with Gasteiger partial charge in [0.25, 0.3) is 5.95 Å². The fourth-order valence-electron chi connectivity index (χ4n) is 2.31. The normalized spacial score (nSPS) is 20.5. The van der Waals surface area contributed by atoms with Gasteiger partial charge in [0.1, 0.15) is 0 Å². The van der Waals surface area contributed by atoms with E-state index in [0.29, 0.717) is 5.92 Å². The van der Waals surface area contributed by atoms with Crippen molar-refractivity contribution in [2.45, 2.75) is 33.1 Å². The highest BCUT2D eigenvalue weighted by Crippen LogP contribution is 2.17. The van der Waals surface area contributed by atoms with Crippen LogP contribution in [0.1, 0.15) is 32.6 Å². The predicted molar refractivity (Wildman–Crippen MR) is 67.2 cm³/mol. The summed E-state index contributed by atoms with van der Waals surface area (Å²) < 4.78 is 5.32.